The zero-order valence-electron chi connectivity index (χ0n) is 11.1. The first-order valence-electron chi connectivity index (χ1n) is 6.06. The van der Waals surface area contributed by atoms with Crippen molar-refractivity contribution in [3.63, 3.8) is 0 Å². The monoisotopic (exact) mass is 352 g/mol. The van der Waals surface area contributed by atoms with Crippen molar-refractivity contribution in [2.45, 2.75) is 6.92 Å². The number of carbonyl (C=O) groups excluding carboxylic acids is 1. The minimum absolute atomic E-state index is 0.160. The van der Waals surface area contributed by atoms with E-state index in [2.05, 4.69) is 26.6 Å². The number of benzene rings is 2. The molecule has 0 atom stereocenters. The fourth-order valence-electron chi connectivity index (χ4n) is 1.84. The van der Waals surface area contributed by atoms with Gasteiger partial charge in [0.2, 0.25) is 0 Å². The summed E-state index contributed by atoms with van der Waals surface area (Å²) in [7, 11) is 1.79. The van der Waals surface area contributed by atoms with Crippen LogP contribution in [-0.2, 0) is 0 Å². The molecule has 3 nitrogen and oxygen atoms in total. The minimum atomic E-state index is -0.160. The summed E-state index contributed by atoms with van der Waals surface area (Å²) in [6, 6.07) is 11.0. The molecule has 0 fully saturated rings. The molecule has 0 heterocycles. The molecular weight excluding hydrogens is 340 g/mol. The Kier molecular flexibility index (Phi) is 4.68. The van der Waals surface area contributed by atoms with Crippen LogP contribution in [0.25, 0.3) is 0 Å². The van der Waals surface area contributed by atoms with Crippen molar-refractivity contribution in [1.82, 2.24) is 0 Å². The van der Waals surface area contributed by atoms with E-state index in [1.165, 1.54) is 0 Å². The standard InChI is InChI=1S/C15H14BrClN2O/c1-9-3-6-14(18-2)11(7-9)15(20)19-10-4-5-13(17)12(16)8-10/h3-8,18H,1-2H3,(H,19,20). The lowest BCUT2D eigenvalue weighted by molar-refractivity contribution is 0.102. The van der Waals surface area contributed by atoms with Gasteiger partial charge in [-0.05, 0) is 53.2 Å². The summed E-state index contributed by atoms with van der Waals surface area (Å²) in [5.41, 5.74) is 3.13. The van der Waals surface area contributed by atoms with Crippen LogP contribution in [0, 0.1) is 6.92 Å². The molecular formula is C15H14BrClN2O. The van der Waals surface area contributed by atoms with Gasteiger partial charge in [0.05, 0.1) is 10.6 Å². The fraction of sp³-hybridized carbons (Fsp3) is 0.133. The molecule has 0 saturated carbocycles. The van der Waals surface area contributed by atoms with Crippen LogP contribution in [0.4, 0.5) is 11.4 Å². The Morgan fingerprint density at radius 1 is 1.20 bits per heavy atom. The number of aryl methyl sites for hydroxylation is 1. The molecule has 0 aliphatic heterocycles. The van der Waals surface area contributed by atoms with E-state index in [9.17, 15) is 4.79 Å². The van der Waals surface area contributed by atoms with E-state index in [0.717, 1.165) is 15.7 Å². The van der Waals surface area contributed by atoms with Crippen molar-refractivity contribution in [2.24, 2.45) is 0 Å². The molecule has 0 aliphatic rings. The number of nitrogens with one attached hydrogen (secondary N) is 2. The Bertz CT molecular complexity index is 658. The summed E-state index contributed by atoms with van der Waals surface area (Å²) in [6.07, 6.45) is 0. The van der Waals surface area contributed by atoms with Crippen LogP contribution >= 0.6 is 27.5 Å². The predicted molar refractivity (Wildman–Crippen MR) is 87.8 cm³/mol. The van der Waals surface area contributed by atoms with Crippen LogP contribution in [0.5, 0.6) is 0 Å². The number of anilines is 2. The maximum Gasteiger partial charge on any atom is 0.257 e. The summed E-state index contributed by atoms with van der Waals surface area (Å²) in [6.45, 7) is 1.95. The largest absolute Gasteiger partial charge is 0.387 e. The van der Waals surface area contributed by atoms with E-state index in [4.69, 9.17) is 11.6 Å². The highest BCUT2D eigenvalue weighted by Gasteiger charge is 2.11. The van der Waals surface area contributed by atoms with Gasteiger partial charge in [0, 0.05) is 22.9 Å². The molecule has 0 spiro atoms. The maximum absolute atomic E-state index is 12.3. The molecule has 5 heteroatoms. The molecule has 0 radical (unpaired) electrons. The third-order valence-corrected chi connectivity index (χ3v) is 4.08. The SMILES string of the molecule is CNc1ccc(C)cc1C(=O)Nc1ccc(Cl)c(Br)c1. The Balaban J connectivity index is 2.27. The second-order valence-corrected chi connectivity index (χ2v) is 5.64. The average molecular weight is 354 g/mol. The van der Waals surface area contributed by atoms with Crippen molar-refractivity contribution in [3.8, 4) is 0 Å². The molecule has 2 N–H and O–H groups in total. The first-order chi connectivity index (χ1) is 9.51. The smallest absolute Gasteiger partial charge is 0.257 e. The summed E-state index contributed by atoms with van der Waals surface area (Å²) in [4.78, 5) is 12.3. The molecule has 104 valence electrons. The summed E-state index contributed by atoms with van der Waals surface area (Å²) in [5.74, 6) is -0.160. The summed E-state index contributed by atoms with van der Waals surface area (Å²) < 4.78 is 0.745. The molecule has 2 rings (SSSR count). The van der Waals surface area contributed by atoms with Crippen LogP contribution in [-0.4, -0.2) is 13.0 Å². The maximum atomic E-state index is 12.3. The van der Waals surface area contributed by atoms with Crippen LogP contribution in [0.1, 0.15) is 15.9 Å². The topological polar surface area (TPSA) is 41.1 Å². The van der Waals surface area contributed by atoms with Gasteiger partial charge in [-0.3, -0.25) is 4.79 Å². The lowest BCUT2D eigenvalue weighted by Gasteiger charge is -2.11. The van der Waals surface area contributed by atoms with Crippen LogP contribution in [0.2, 0.25) is 5.02 Å². The fourth-order valence-corrected chi connectivity index (χ4v) is 2.33. The highest BCUT2D eigenvalue weighted by atomic mass is 79.9. The normalized spacial score (nSPS) is 10.2. The van der Waals surface area contributed by atoms with E-state index >= 15 is 0 Å². The van der Waals surface area contributed by atoms with Gasteiger partial charge in [0.1, 0.15) is 0 Å². The lowest BCUT2D eigenvalue weighted by Crippen LogP contribution is -2.14. The van der Waals surface area contributed by atoms with Gasteiger partial charge < -0.3 is 10.6 Å². The number of hydrogen-bond acceptors (Lipinski definition) is 2. The Labute approximate surface area is 131 Å². The van der Waals surface area contributed by atoms with Crippen LogP contribution in [0.15, 0.2) is 40.9 Å². The number of halogens is 2. The number of carbonyl (C=O) groups is 1. The van der Waals surface area contributed by atoms with Gasteiger partial charge in [-0.15, -0.1) is 0 Å². The predicted octanol–water partition coefficient (Wildman–Crippen LogP) is 4.70. The first kappa shape index (κ1) is 14.9. The van der Waals surface area contributed by atoms with Crippen molar-refractivity contribution in [2.75, 3.05) is 17.7 Å². The number of rotatable bonds is 3. The highest BCUT2D eigenvalue weighted by Crippen LogP contribution is 2.26. The Morgan fingerprint density at radius 2 is 1.95 bits per heavy atom. The molecule has 1 amide bonds. The van der Waals surface area contributed by atoms with Crippen molar-refractivity contribution < 1.29 is 4.79 Å². The van der Waals surface area contributed by atoms with E-state index in [1.807, 2.05) is 25.1 Å². The van der Waals surface area contributed by atoms with E-state index in [0.29, 0.717) is 16.3 Å². The molecule has 2 aromatic carbocycles. The van der Waals surface area contributed by atoms with Gasteiger partial charge in [-0.25, -0.2) is 0 Å². The van der Waals surface area contributed by atoms with Crippen molar-refractivity contribution >= 4 is 44.8 Å². The lowest BCUT2D eigenvalue weighted by atomic mass is 10.1. The quantitative estimate of drug-likeness (QED) is 0.839. The molecule has 0 saturated heterocycles. The summed E-state index contributed by atoms with van der Waals surface area (Å²) in [5, 5.41) is 6.49. The zero-order valence-corrected chi connectivity index (χ0v) is 13.5. The van der Waals surface area contributed by atoms with Gasteiger partial charge in [-0.1, -0.05) is 23.2 Å². The van der Waals surface area contributed by atoms with E-state index < -0.39 is 0 Å². The molecule has 0 bridgehead atoms. The van der Waals surface area contributed by atoms with Crippen molar-refractivity contribution in [1.29, 1.82) is 0 Å². The van der Waals surface area contributed by atoms with Gasteiger partial charge >= 0.3 is 0 Å². The molecule has 0 aromatic heterocycles. The summed E-state index contributed by atoms with van der Waals surface area (Å²) >= 11 is 9.27. The third-order valence-electron chi connectivity index (χ3n) is 2.87. The highest BCUT2D eigenvalue weighted by molar-refractivity contribution is 9.10. The molecule has 0 unspecified atom stereocenters. The van der Waals surface area contributed by atoms with Gasteiger partial charge in [-0.2, -0.15) is 0 Å². The first-order valence-corrected chi connectivity index (χ1v) is 7.23. The number of amides is 1. The second-order valence-electron chi connectivity index (χ2n) is 4.38. The third kappa shape index (κ3) is 3.32. The Hall–Kier alpha value is -1.52. The van der Waals surface area contributed by atoms with Crippen LogP contribution in [0.3, 0.4) is 0 Å². The van der Waals surface area contributed by atoms with Crippen LogP contribution < -0.4 is 10.6 Å². The zero-order chi connectivity index (χ0) is 14.7. The molecule has 0 aliphatic carbocycles. The average Bonchev–Trinajstić information content (AvgIpc) is 2.43. The van der Waals surface area contributed by atoms with E-state index in [1.54, 1.807) is 25.2 Å². The van der Waals surface area contributed by atoms with Gasteiger partial charge in [0.25, 0.3) is 5.91 Å². The molecule has 20 heavy (non-hydrogen) atoms. The minimum Gasteiger partial charge on any atom is -0.387 e. The molecule has 2 aromatic rings. The number of hydrogen-bond donors (Lipinski definition) is 2. The van der Waals surface area contributed by atoms with E-state index in [-0.39, 0.29) is 5.91 Å². The van der Waals surface area contributed by atoms with Crippen molar-refractivity contribution in [3.05, 3.63) is 57.0 Å². The van der Waals surface area contributed by atoms with Gasteiger partial charge in [0.15, 0.2) is 0 Å². The Morgan fingerprint density at radius 3 is 2.60 bits per heavy atom. The second kappa shape index (κ2) is 6.29.